The molecule has 2 unspecified atom stereocenters. The Kier molecular flexibility index (Phi) is 2.84. The third-order valence-corrected chi connectivity index (χ3v) is 3.00. The minimum absolute atomic E-state index is 0.645. The van der Waals surface area contributed by atoms with Gasteiger partial charge in [-0.2, -0.15) is 5.26 Å². The van der Waals surface area contributed by atoms with Gasteiger partial charge in [-0.25, -0.2) is 0 Å². The number of hydrogen-bond acceptors (Lipinski definition) is 1. The predicted octanol–water partition coefficient (Wildman–Crippen LogP) is 3.37. The molecule has 0 aliphatic heterocycles. The highest BCUT2D eigenvalue weighted by Crippen LogP contribution is 2.36. The zero-order chi connectivity index (χ0) is 9.80. The van der Waals surface area contributed by atoms with Crippen molar-refractivity contribution in [1.29, 1.82) is 5.26 Å². The van der Waals surface area contributed by atoms with Gasteiger partial charge in [0, 0.05) is 6.42 Å². The van der Waals surface area contributed by atoms with Crippen molar-refractivity contribution in [2.45, 2.75) is 25.7 Å². The molecule has 0 saturated heterocycles. The molecule has 2 aliphatic carbocycles. The van der Waals surface area contributed by atoms with Gasteiger partial charge in [0.15, 0.2) is 0 Å². The number of unbranched alkanes of at least 4 members (excludes halogenated alkanes) is 1. The topological polar surface area (TPSA) is 23.8 Å². The minimum Gasteiger partial charge on any atom is -0.198 e. The minimum atomic E-state index is 0.645. The van der Waals surface area contributed by atoms with E-state index in [9.17, 15) is 0 Å². The Morgan fingerprint density at radius 2 is 2.21 bits per heavy atom. The Bertz CT molecular complexity index is 328. The molecule has 0 radical (unpaired) electrons. The molecular weight excluding hydrogens is 170 g/mol. The van der Waals surface area contributed by atoms with Gasteiger partial charge in [-0.3, -0.25) is 0 Å². The van der Waals surface area contributed by atoms with E-state index in [-0.39, 0.29) is 0 Å². The van der Waals surface area contributed by atoms with Crippen LogP contribution in [0.5, 0.6) is 0 Å². The lowest BCUT2D eigenvalue weighted by Crippen LogP contribution is -1.95. The van der Waals surface area contributed by atoms with E-state index in [4.69, 9.17) is 5.26 Å². The summed E-state index contributed by atoms with van der Waals surface area (Å²) in [6.07, 6.45) is 15.3. The lowest BCUT2D eigenvalue weighted by molar-refractivity contribution is 0.643. The van der Waals surface area contributed by atoms with Crippen molar-refractivity contribution < 1.29 is 0 Å². The highest BCUT2D eigenvalue weighted by Gasteiger charge is 2.23. The smallest absolute Gasteiger partial charge is 0.0621 e. The van der Waals surface area contributed by atoms with Crippen LogP contribution in [-0.4, -0.2) is 0 Å². The van der Waals surface area contributed by atoms with Crippen LogP contribution in [0.15, 0.2) is 36.0 Å². The van der Waals surface area contributed by atoms with Crippen molar-refractivity contribution in [2.24, 2.45) is 11.8 Å². The molecule has 0 amide bonds. The molecule has 0 saturated carbocycles. The molecule has 0 heterocycles. The molecule has 2 aliphatic rings. The average Bonchev–Trinajstić information content (AvgIpc) is 2.41. The zero-order valence-corrected chi connectivity index (χ0v) is 8.32. The Morgan fingerprint density at radius 1 is 1.36 bits per heavy atom. The summed E-state index contributed by atoms with van der Waals surface area (Å²) in [7, 11) is 0. The highest BCUT2D eigenvalue weighted by atomic mass is 14.3. The van der Waals surface area contributed by atoms with Crippen molar-refractivity contribution in [3.63, 3.8) is 0 Å². The van der Waals surface area contributed by atoms with Crippen molar-refractivity contribution in [2.75, 3.05) is 0 Å². The Labute approximate surface area is 85.4 Å². The maximum absolute atomic E-state index is 8.48. The van der Waals surface area contributed by atoms with Gasteiger partial charge in [-0.05, 0) is 31.1 Å². The van der Waals surface area contributed by atoms with E-state index in [0.717, 1.165) is 12.8 Å². The summed E-state index contributed by atoms with van der Waals surface area (Å²) in [5.74, 6) is 1.29. The van der Waals surface area contributed by atoms with Gasteiger partial charge in [0.05, 0.1) is 6.07 Å². The molecule has 0 aromatic rings. The number of rotatable bonds is 3. The van der Waals surface area contributed by atoms with Crippen LogP contribution < -0.4 is 0 Å². The van der Waals surface area contributed by atoms with E-state index < -0.39 is 0 Å². The van der Waals surface area contributed by atoms with Crippen LogP contribution in [0.4, 0.5) is 0 Å². The van der Waals surface area contributed by atoms with Crippen LogP contribution in [0.1, 0.15) is 25.7 Å². The third kappa shape index (κ3) is 1.96. The maximum Gasteiger partial charge on any atom is 0.0621 e. The quantitative estimate of drug-likeness (QED) is 0.488. The van der Waals surface area contributed by atoms with Crippen molar-refractivity contribution >= 4 is 0 Å². The molecule has 0 N–H and O–H groups in total. The number of nitriles is 1. The highest BCUT2D eigenvalue weighted by molar-refractivity contribution is 5.28. The molecule has 0 fully saturated rings. The maximum atomic E-state index is 8.48. The van der Waals surface area contributed by atoms with Crippen LogP contribution >= 0.6 is 0 Å². The molecule has 1 heteroatoms. The molecule has 2 atom stereocenters. The first-order chi connectivity index (χ1) is 6.90. The fraction of sp³-hybridized carbons (Fsp3) is 0.462. The summed E-state index contributed by atoms with van der Waals surface area (Å²) in [5, 5.41) is 8.48. The van der Waals surface area contributed by atoms with E-state index >= 15 is 0 Å². The largest absolute Gasteiger partial charge is 0.198 e. The first-order valence-corrected chi connectivity index (χ1v) is 5.32. The van der Waals surface area contributed by atoms with Crippen molar-refractivity contribution in [3.05, 3.63) is 36.0 Å². The van der Waals surface area contributed by atoms with Gasteiger partial charge in [-0.15, -0.1) is 0 Å². The Morgan fingerprint density at radius 3 is 3.07 bits per heavy atom. The SMILES string of the molecule is N#CCCCC1=CC2C=CC=CC1C2. The first kappa shape index (κ1) is 9.27. The monoisotopic (exact) mass is 185 g/mol. The molecule has 0 aromatic carbocycles. The summed E-state index contributed by atoms with van der Waals surface area (Å²) >= 11 is 0. The molecule has 14 heavy (non-hydrogen) atoms. The fourth-order valence-electron chi connectivity index (χ4n) is 2.29. The normalized spacial score (nSPS) is 28.4. The second kappa shape index (κ2) is 4.28. The zero-order valence-electron chi connectivity index (χ0n) is 8.32. The summed E-state index contributed by atoms with van der Waals surface area (Å²) in [5.41, 5.74) is 1.55. The third-order valence-electron chi connectivity index (χ3n) is 3.00. The van der Waals surface area contributed by atoms with Crippen LogP contribution in [0.2, 0.25) is 0 Å². The van der Waals surface area contributed by atoms with E-state index in [1.165, 1.54) is 6.42 Å². The first-order valence-electron chi connectivity index (χ1n) is 5.32. The van der Waals surface area contributed by atoms with E-state index in [2.05, 4.69) is 36.4 Å². The van der Waals surface area contributed by atoms with Gasteiger partial charge >= 0.3 is 0 Å². The number of hydrogen-bond donors (Lipinski definition) is 0. The van der Waals surface area contributed by atoms with E-state index in [1.807, 2.05) is 0 Å². The van der Waals surface area contributed by atoms with Gasteiger partial charge < -0.3 is 0 Å². The predicted molar refractivity (Wildman–Crippen MR) is 57.4 cm³/mol. The van der Waals surface area contributed by atoms with Gasteiger partial charge in [0.1, 0.15) is 0 Å². The Balaban J connectivity index is 1.97. The van der Waals surface area contributed by atoms with E-state index in [0.29, 0.717) is 18.3 Å². The summed E-state index contributed by atoms with van der Waals surface area (Å²) < 4.78 is 0. The number of allylic oxidation sites excluding steroid dienone is 6. The lowest BCUT2D eigenvalue weighted by atomic mass is 9.96. The standard InChI is InChI=1S/C13H15N/c14-8-4-3-7-13-10-11-5-1-2-6-12(13)9-11/h1-2,5-6,10-12H,3-4,7,9H2. The number of nitrogens with zero attached hydrogens (tertiary/aromatic N) is 1. The molecule has 2 bridgehead atoms. The second-order valence-electron chi connectivity index (χ2n) is 4.03. The molecule has 1 nitrogen and oxygen atoms in total. The van der Waals surface area contributed by atoms with Crippen LogP contribution in [-0.2, 0) is 0 Å². The van der Waals surface area contributed by atoms with Crippen molar-refractivity contribution in [3.8, 4) is 6.07 Å². The molecule has 0 aromatic heterocycles. The molecule has 2 rings (SSSR count). The Hall–Kier alpha value is -1.29. The summed E-state index contributed by atoms with van der Waals surface area (Å²) in [4.78, 5) is 0. The molecular formula is C13H15N. The van der Waals surface area contributed by atoms with Crippen LogP contribution in [0.3, 0.4) is 0 Å². The lowest BCUT2D eigenvalue weighted by Gasteiger charge is -2.08. The van der Waals surface area contributed by atoms with Gasteiger partial charge in [-0.1, -0.05) is 36.0 Å². The van der Waals surface area contributed by atoms with Crippen LogP contribution in [0, 0.1) is 23.2 Å². The average molecular weight is 185 g/mol. The van der Waals surface area contributed by atoms with Gasteiger partial charge in [0.25, 0.3) is 0 Å². The summed E-state index contributed by atoms with van der Waals surface area (Å²) in [6.45, 7) is 0. The second-order valence-corrected chi connectivity index (χ2v) is 4.03. The van der Waals surface area contributed by atoms with Crippen molar-refractivity contribution in [1.82, 2.24) is 0 Å². The fourth-order valence-corrected chi connectivity index (χ4v) is 2.29. The van der Waals surface area contributed by atoms with Crippen LogP contribution in [0.25, 0.3) is 0 Å². The van der Waals surface area contributed by atoms with E-state index in [1.54, 1.807) is 5.57 Å². The summed E-state index contributed by atoms with van der Waals surface area (Å²) in [6, 6.07) is 2.20. The molecule has 72 valence electrons. The molecule has 0 spiro atoms. The number of fused-ring (bicyclic) bond motifs is 2. The van der Waals surface area contributed by atoms with Gasteiger partial charge in [0.2, 0.25) is 0 Å².